The average molecular weight is 296 g/mol. The van der Waals surface area contributed by atoms with E-state index in [-0.39, 0.29) is 12.6 Å². The first-order chi connectivity index (χ1) is 9.86. The lowest BCUT2D eigenvalue weighted by molar-refractivity contribution is -0.149. The molecule has 1 aromatic rings. The summed E-state index contributed by atoms with van der Waals surface area (Å²) in [5.74, 6) is -0.0993. The molecule has 1 rings (SSSR count). The smallest absolute Gasteiger partial charge is 0.317 e. The fraction of sp³-hybridized carbons (Fsp3) is 0.600. The molecule has 0 saturated heterocycles. The van der Waals surface area contributed by atoms with Crippen molar-refractivity contribution in [3.05, 3.63) is 23.7 Å². The van der Waals surface area contributed by atoms with Crippen molar-refractivity contribution in [2.24, 2.45) is 5.41 Å². The Balaban J connectivity index is 2.60. The fourth-order valence-electron chi connectivity index (χ4n) is 2.16. The third kappa shape index (κ3) is 4.00. The van der Waals surface area contributed by atoms with E-state index in [4.69, 9.17) is 4.42 Å². The van der Waals surface area contributed by atoms with E-state index in [1.54, 1.807) is 13.3 Å². The maximum Gasteiger partial charge on any atom is 0.317 e. The Labute approximate surface area is 125 Å². The van der Waals surface area contributed by atoms with Crippen LogP contribution in [0.25, 0.3) is 0 Å². The molecule has 0 aromatic carbocycles. The van der Waals surface area contributed by atoms with Crippen molar-refractivity contribution in [2.45, 2.75) is 40.2 Å². The number of carbonyl (C=O) groups is 2. The first kappa shape index (κ1) is 17.1. The van der Waals surface area contributed by atoms with E-state index in [0.717, 1.165) is 11.3 Å². The van der Waals surface area contributed by atoms with Gasteiger partial charge in [0.15, 0.2) is 0 Å². The first-order valence-corrected chi connectivity index (χ1v) is 7.11. The molecule has 6 heteroatoms. The van der Waals surface area contributed by atoms with Gasteiger partial charge in [0.1, 0.15) is 5.76 Å². The van der Waals surface area contributed by atoms with E-state index in [2.05, 4.69) is 5.32 Å². The van der Waals surface area contributed by atoms with Gasteiger partial charge in [-0.15, -0.1) is 0 Å². The van der Waals surface area contributed by atoms with Gasteiger partial charge < -0.3 is 19.7 Å². The quantitative estimate of drug-likeness (QED) is 0.810. The number of hydrogen-bond donors (Lipinski definition) is 2. The van der Waals surface area contributed by atoms with Crippen molar-refractivity contribution in [2.75, 3.05) is 13.6 Å². The molecule has 21 heavy (non-hydrogen) atoms. The standard InChI is InChI=1S/C15H24N2O4/c1-5-15(6-2,13(18)19)10-16-14(20)17(4)9-12-7-8-21-11(12)3/h7-8H,5-6,9-10H2,1-4H3,(H,16,20)(H,18,19). The van der Waals surface area contributed by atoms with Crippen molar-refractivity contribution in [3.8, 4) is 0 Å². The van der Waals surface area contributed by atoms with Crippen LogP contribution >= 0.6 is 0 Å². The third-order valence-corrected chi connectivity index (χ3v) is 4.11. The van der Waals surface area contributed by atoms with Crippen LogP contribution in [0.1, 0.15) is 38.0 Å². The summed E-state index contributed by atoms with van der Waals surface area (Å²) in [6, 6.07) is 1.53. The molecule has 0 spiro atoms. The summed E-state index contributed by atoms with van der Waals surface area (Å²) in [5.41, 5.74) is 0.0327. The topological polar surface area (TPSA) is 82.8 Å². The fourth-order valence-corrected chi connectivity index (χ4v) is 2.16. The molecule has 2 N–H and O–H groups in total. The molecule has 0 fully saturated rings. The Morgan fingerprint density at radius 1 is 1.38 bits per heavy atom. The van der Waals surface area contributed by atoms with Crippen molar-refractivity contribution in [1.29, 1.82) is 0 Å². The molecule has 0 aliphatic heterocycles. The highest BCUT2D eigenvalue weighted by Gasteiger charge is 2.35. The Morgan fingerprint density at radius 2 is 2.00 bits per heavy atom. The summed E-state index contributed by atoms with van der Waals surface area (Å²) in [6.45, 7) is 6.03. The third-order valence-electron chi connectivity index (χ3n) is 4.11. The molecule has 6 nitrogen and oxygen atoms in total. The van der Waals surface area contributed by atoms with Gasteiger partial charge in [-0.05, 0) is 25.8 Å². The van der Waals surface area contributed by atoms with Crippen LogP contribution in [0.3, 0.4) is 0 Å². The molecule has 0 atom stereocenters. The summed E-state index contributed by atoms with van der Waals surface area (Å²) in [7, 11) is 1.67. The second kappa shape index (κ2) is 7.15. The Hall–Kier alpha value is -1.98. The lowest BCUT2D eigenvalue weighted by Crippen LogP contribution is -2.46. The zero-order chi connectivity index (χ0) is 16.0. The maximum absolute atomic E-state index is 12.1. The van der Waals surface area contributed by atoms with Crippen LogP contribution in [-0.2, 0) is 11.3 Å². The molecule has 0 radical (unpaired) electrons. The predicted octanol–water partition coefficient (Wildman–Crippen LogP) is 2.62. The summed E-state index contributed by atoms with van der Waals surface area (Å²) < 4.78 is 5.19. The first-order valence-electron chi connectivity index (χ1n) is 7.11. The maximum atomic E-state index is 12.1. The monoisotopic (exact) mass is 296 g/mol. The second-order valence-corrected chi connectivity index (χ2v) is 5.31. The highest BCUT2D eigenvalue weighted by Crippen LogP contribution is 2.25. The largest absolute Gasteiger partial charge is 0.481 e. The van der Waals surface area contributed by atoms with Crippen LogP contribution in [0.4, 0.5) is 4.79 Å². The van der Waals surface area contributed by atoms with E-state index in [1.807, 2.05) is 26.8 Å². The van der Waals surface area contributed by atoms with Crippen LogP contribution in [0.15, 0.2) is 16.7 Å². The number of nitrogens with one attached hydrogen (secondary N) is 1. The summed E-state index contributed by atoms with van der Waals surface area (Å²) in [4.78, 5) is 25.0. The number of hydrogen-bond acceptors (Lipinski definition) is 3. The number of aryl methyl sites for hydroxylation is 1. The van der Waals surface area contributed by atoms with E-state index in [1.165, 1.54) is 4.90 Å². The van der Waals surface area contributed by atoms with Crippen molar-refractivity contribution < 1.29 is 19.1 Å². The van der Waals surface area contributed by atoms with Crippen molar-refractivity contribution in [1.82, 2.24) is 10.2 Å². The van der Waals surface area contributed by atoms with E-state index < -0.39 is 11.4 Å². The minimum absolute atomic E-state index is 0.128. The minimum atomic E-state index is -0.901. The summed E-state index contributed by atoms with van der Waals surface area (Å²) >= 11 is 0. The number of carboxylic acids is 1. The van der Waals surface area contributed by atoms with E-state index in [0.29, 0.717) is 19.4 Å². The minimum Gasteiger partial charge on any atom is -0.481 e. The number of carbonyl (C=O) groups excluding carboxylic acids is 1. The molecule has 0 aliphatic carbocycles. The van der Waals surface area contributed by atoms with Gasteiger partial charge in [-0.3, -0.25) is 4.79 Å². The van der Waals surface area contributed by atoms with Gasteiger partial charge >= 0.3 is 12.0 Å². The van der Waals surface area contributed by atoms with Gasteiger partial charge in [0.25, 0.3) is 0 Å². The summed E-state index contributed by atoms with van der Waals surface area (Å²) in [5, 5.41) is 12.1. The Kier molecular flexibility index (Phi) is 5.81. The zero-order valence-corrected chi connectivity index (χ0v) is 13.1. The molecular weight excluding hydrogens is 272 g/mol. The van der Waals surface area contributed by atoms with Crippen molar-refractivity contribution >= 4 is 12.0 Å². The molecule has 118 valence electrons. The highest BCUT2D eigenvalue weighted by molar-refractivity contribution is 5.78. The van der Waals surface area contributed by atoms with Crippen LogP contribution in [0.5, 0.6) is 0 Å². The number of carboxylic acid groups (broad SMARTS) is 1. The SMILES string of the molecule is CCC(CC)(CNC(=O)N(C)Cc1ccoc1C)C(=O)O. The molecule has 0 saturated carbocycles. The van der Waals surface area contributed by atoms with Crippen molar-refractivity contribution in [3.63, 3.8) is 0 Å². The van der Waals surface area contributed by atoms with Gasteiger partial charge in [0.2, 0.25) is 0 Å². The molecule has 1 heterocycles. The van der Waals surface area contributed by atoms with E-state index in [9.17, 15) is 14.7 Å². The normalized spacial score (nSPS) is 11.2. The molecule has 0 bridgehead atoms. The molecule has 2 amide bonds. The number of furan rings is 1. The Morgan fingerprint density at radius 3 is 2.43 bits per heavy atom. The second-order valence-electron chi connectivity index (χ2n) is 5.31. The number of urea groups is 1. The number of nitrogens with zero attached hydrogens (tertiary/aromatic N) is 1. The lowest BCUT2D eigenvalue weighted by Gasteiger charge is -2.28. The molecule has 0 unspecified atom stereocenters. The van der Waals surface area contributed by atoms with Gasteiger partial charge in [0.05, 0.1) is 18.2 Å². The zero-order valence-electron chi connectivity index (χ0n) is 13.1. The van der Waals surface area contributed by atoms with Crippen LogP contribution in [0.2, 0.25) is 0 Å². The molecule has 0 aliphatic rings. The number of rotatable bonds is 7. The number of amides is 2. The van der Waals surface area contributed by atoms with Gasteiger partial charge in [-0.2, -0.15) is 0 Å². The average Bonchev–Trinajstić information content (AvgIpc) is 2.85. The highest BCUT2D eigenvalue weighted by atomic mass is 16.4. The van der Waals surface area contributed by atoms with Crippen LogP contribution in [-0.4, -0.2) is 35.6 Å². The predicted molar refractivity (Wildman–Crippen MR) is 79.0 cm³/mol. The molecule has 1 aromatic heterocycles. The Bertz CT molecular complexity index is 492. The van der Waals surface area contributed by atoms with Gasteiger partial charge in [0, 0.05) is 19.2 Å². The van der Waals surface area contributed by atoms with Crippen LogP contribution < -0.4 is 5.32 Å². The van der Waals surface area contributed by atoms with Gasteiger partial charge in [-0.1, -0.05) is 13.8 Å². The number of aliphatic carboxylic acids is 1. The van der Waals surface area contributed by atoms with Gasteiger partial charge in [-0.25, -0.2) is 4.79 Å². The lowest BCUT2D eigenvalue weighted by atomic mass is 9.82. The molecular formula is C15H24N2O4. The summed E-state index contributed by atoms with van der Waals surface area (Å²) in [6.07, 6.45) is 2.54. The van der Waals surface area contributed by atoms with E-state index >= 15 is 0 Å². The van der Waals surface area contributed by atoms with Crippen LogP contribution in [0, 0.1) is 12.3 Å².